The Hall–Kier alpha value is -3.87. The number of methoxy groups -OCH3 is 1. The summed E-state index contributed by atoms with van der Waals surface area (Å²) in [6, 6.07) is 14.3. The molecule has 0 aliphatic heterocycles. The number of aryl methyl sites for hydroxylation is 2. The molecule has 1 N–H and O–H groups in total. The minimum absolute atomic E-state index is 0.165. The summed E-state index contributed by atoms with van der Waals surface area (Å²) < 4.78 is 13.3. The number of H-pyrrole nitrogens is 1. The van der Waals surface area contributed by atoms with Gasteiger partial charge in [0.05, 0.1) is 40.9 Å². The van der Waals surface area contributed by atoms with Crippen molar-refractivity contribution in [1.82, 2.24) is 19.5 Å². The lowest BCUT2D eigenvalue weighted by Crippen LogP contribution is -2.37. The number of rotatable bonds is 4. The normalized spacial score (nSPS) is 15.1. The summed E-state index contributed by atoms with van der Waals surface area (Å²) in [4.78, 5) is 21.0. The summed E-state index contributed by atoms with van der Waals surface area (Å²) in [5.74, 6) is 2.29. The van der Waals surface area contributed by atoms with E-state index in [-0.39, 0.29) is 11.0 Å². The number of fused-ring (bicyclic) bond motifs is 3. The van der Waals surface area contributed by atoms with E-state index in [9.17, 15) is 4.79 Å². The molecule has 7 heteroatoms. The summed E-state index contributed by atoms with van der Waals surface area (Å²) in [6.45, 7) is 3.75. The molecule has 2 aromatic carbocycles. The lowest BCUT2D eigenvalue weighted by atomic mass is 9.64. The van der Waals surface area contributed by atoms with Crippen molar-refractivity contribution in [3.63, 3.8) is 0 Å². The number of nitrogens with one attached hydrogen (secondary N) is 1. The van der Waals surface area contributed by atoms with Gasteiger partial charge in [0.1, 0.15) is 23.0 Å². The fraction of sp³-hybridized carbons (Fsp3) is 0.269. The Morgan fingerprint density at radius 2 is 1.94 bits per heavy atom. The lowest BCUT2D eigenvalue weighted by molar-refractivity contribution is 0.285. The van der Waals surface area contributed by atoms with Gasteiger partial charge in [-0.2, -0.15) is 0 Å². The SMILES string of the molecule is COc1cc2c(cc1-c1c(C)noc1C)c(=O)[nH]c1cnc(C3(c4ccccc4)CCC3)n12. The molecule has 1 fully saturated rings. The van der Waals surface area contributed by atoms with Crippen LogP contribution in [0.25, 0.3) is 27.7 Å². The van der Waals surface area contributed by atoms with Gasteiger partial charge in [0.25, 0.3) is 5.56 Å². The van der Waals surface area contributed by atoms with E-state index in [1.54, 1.807) is 13.3 Å². The van der Waals surface area contributed by atoms with Gasteiger partial charge in [-0.3, -0.25) is 9.20 Å². The van der Waals surface area contributed by atoms with Crippen molar-refractivity contribution in [2.45, 2.75) is 38.5 Å². The molecule has 0 radical (unpaired) electrons. The molecular formula is C26H24N4O3. The van der Waals surface area contributed by atoms with Gasteiger partial charge in [0.15, 0.2) is 0 Å². The first-order valence-electron chi connectivity index (χ1n) is 11.1. The van der Waals surface area contributed by atoms with Crippen LogP contribution in [0.3, 0.4) is 0 Å². The molecular weight excluding hydrogens is 416 g/mol. The van der Waals surface area contributed by atoms with Gasteiger partial charge in [0.2, 0.25) is 0 Å². The van der Waals surface area contributed by atoms with E-state index in [2.05, 4.69) is 38.8 Å². The number of hydrogen-bond donors (Lipinski definition) is 1. The molecule has 7 nitrogen and oxygen atoms in total. The minimum Gasteiger partial charge on any atom is -0.496 e. The quantitative estimate of drug-likeness (QED) is 0.428. The number of benzene rings is 2. The number of hydrogen-bond acceptors (Lipinski definition) is 5. The molecule has 0 spiro atoms. The minimum atomic E-state index is -0.174. The first kappa shape index (κ1) is 19.8. The predicted molar refractivity (Wildman–Crippen MR) is 126 cm³/mol. The first-order chi connectivity index (χ1) is 16.0. The van der Waals surface area contributed by atoms with E-state index in [1.807, 2.05) is 32.0 Å². The largest absolute Gasteiger partial charge is 0.496 e. The van der Waals surface area contributed by atoms with E-state index >= 15 is 0 Å². The third-order valence-corrected chi connectivity index (χ3v) is 7.07. The summed E-state index contributed by atoms with van der Waals surface area (Å²) in [5, 5.41) is 4.65. The zero-order valence-corrected chi connectivity index (χ0v) is 18.8. The van der Waals surface area contributed by atoms with Gasteiger partial charge in [-0.25, -0.2) is 4.98 Å². The first-order valence-corrected chi connectivity index (χ1v) is 11.1. The fourth-order valence-electron chi connectivity index (χ4n) is 5.30. The van der Waals surface area contributed by atoms with Crippen molar-refractivity contribution < 1.29 is 9.26 Å². The molecule has 1 saturated carbocycles. The van der Waals surface area contributed by atoms with Crippen molar-refractivity contribution in [3.8, 4) is 16.9 Å². The van der Waals surface area contributed by atoms with E-state index in [1.165, 1.54) is 5.56 Å². The zero-order chi connectivity index (χ0) is 22.7. The number of ether oxygens (including phenoxy) is 1. The highest BCUT2D eigenvalue weighted by molar-refractivity contribution is 5.90. The lowest BCUT2D eigenvalue weighted by Gasteiger charge is -2.41. The molecule has 1 aliphatic carbocycles. The van der Waals surface area contributed by atoms with Crippen molar-refractivity contribution in [2.75, 3.05) is 7.11 Å². The Bertz CT molecular complexity index is 1550. The van der Waals surface area contributed by atoms with Crippen LogP contribution in [0.5, 0.6) is 5.75 Å². The Kier molecular flexibility index (Phi) is 4.24. The molecule has 33 heavy (non-hydrogen) atoms. The summed E-state index contributed by atoms with van der Waals surface area (Å²) in [5.41, 5.74) is 4.75. The molecule has 5 aromatic rings. The highest BCUT2D eigenvalue weighted by Gasteiger charge is 2.44. The number of aromatic nitrogens is 4. The van der Waals surface area contributed by atoms with Crippen molar-refractivity contribution in [3.05, 3.63) is 81.9 Å². The Balaban J connectivity index is 1.68. The van der Waals surface area contributed by atoms with Gasteiger partial charge in [0, 0.05) is 11.6 Å². The molecule has 3 heterocycles. The molecule has 0 amide bonds. The van der Waals surface area contributed by atoms with Crippen molar-refractivity contribution in [1.29, 1.82) is 0 Å². The van der Waals surface area contributed by atoms with E-state index < -0.39 is 0 Å². The predicted octanol–water partition coefficient (Wildman–Crippen LogP) is 4.93. The zero-order valence-electron chi connectivity index (χ0n) is 18.8. The van der Waals surface area contributed by atoms with E-state index in [0.717, 1.165) is 47.4 Å². The second-order valence-corrected chi connectivity index (χ2v) is 8.83. The van der Waals surface area contributed by atoms with E-state index in [4.69, 9.17) is 14.2 Å². The van der Waals surface area contributed by atoms with Crippen LogP contribution in [0.2, 0.25) is 0 Å². The summed E-state index contributed by atoms with van der Waals surface area (Å²) in [6.07, 6.45) is 4.94. The molecule has 166 valence electrons. The standard InChI is InChI=1S/C26H24N4O3/c1-15-23(16(2)33-29-15)19-12-18-20(13-21(19)32-3)30-22(28-24(18)31)14-27-25(30)26(10-7-11-26)17-8-5-4-6-9-17/h4-6,8-9,12-14H,7,10-11H2,1-3H3,(H,28,31). The van der Waals surface area contributed by atoms with Crippen LogP contribution < -0.4 is 10.3 Å². The third kappa shape index (κ3) is 2.71. The smallest absolute Gasteiger partial charge is 0.258 e. The number of aromatic amines is 1. The molecule has 0 atom stereocenters. The molecule has 3 aromatic heterocycles. The monoisotopic (exact) mass is 440 g/mol. The van der Waals surface area contributed by atoms with Crippen molar-refractivity contribution in [2.24, 2.45) is 0 Å². The van der Waals surface area contributed by atoms with Crippen LogP contribution in [-0.2, 0) is 5.41 Å². The van der Waals surface area contributed by atoms with Gasteiger partial charge >= 0.3 is 0 Å². The van der Waals surface area contributed by atoms with Crippen LogP contribution in [-0.4, -0.2) is 26.6 Å². The highest BCUT2D eigenvalue weighted by atomic mass is 16.5. The van der Waals surface area contributed by atoms with Crippen LogP contribution in [0.1, 0.15) is 42.1 Å². The number of nitrogens with zero attached hydrogens (tertiary/aromatic N) is 3. The average molecular weight is 441 g/mol. The van der Waals surface area contributed by atoms with Crippen LogP contribution in [0.15, 0.2) is 58.0 Å². The number of imidazole rings is 1. The second kappa shape index (κ2) is 7.07. The van der Waals surface area contributed by atoms with Crippen LogP contribution >= 0.6 is 0 Å². The van der Waals surface area contributed by atoms with E-state index in [0.29, 0.717) is 22.5 Å². The maximum atomic E-state index is 13.1. The topological polar surface area (TPSA) is 85.4 Å². The molecule has 6 rings (SSSR count). The van der Waals surface area contributed by atoms with Gasteiger partial charge in [-0.1, -0.05) is 41.9 Å². The molecule has 0 bridgehead atoms. The molecule has 0 unspecified atom stereocenters. The third-order valence-electron chi connectivity index (χ3n) is 7.07. The van der Waals surface area contributed by atoms with Gasteiger partial charge in [-0.15, -0.1) is 0 Å². The van der Waals surface area contributed by atoms with Gasteiger partial charge in [-0.05, 0) is 38.3 Å². The summed E-state index contributed by atoms with van der Waals surface area (Å²) >= 11 is 0. The molecule has 1 aliphatic rings. The van der Waals surface area contributed by atoms with Gasteiger partial charge < -0.3 is 14.2 Å². The second-order valence-electron chi connectivity index (χ2n) is 8.83. The average Bonchev–Trinajstić information content (AvgIpc) is 3.36. The van der Waals surface area contributed by atoms with Crippen molar-refractivity contribution >= 4 is 16.6 Å². The summed E-state index contributed by atoms with van der Waals surface area (Å²) in [7, 11) is 1.64. The van der Waals surface area contributed by atoms with Crippen LogP contribution in [0.4, 0.5) is 0 Å². The Labute approximate surface area is 190 Å². The highest BCUT2D eigenvalue weighted by Crippen LogP contribution is 2.49. The Morgan fingerprint density at radius 3 is 2.58 bits per heavy atom. The maximum Gasteiger partial charge on any atom is 0.258 e. The van der Waals surface area contributed by atoms with Crippen LogP contribution in [0, 0.1) is 13.8 Å². The fourth-order valence-corrected chi connectivity index (χ4v) is 5.30. The molecule has 0 saturated heterocycles. The Morgan fingerprint density at radius 1 is 1.15 bits per heavy atom. The maximum absolute atomic E-state index is 13.1.